The predicted molar refractivity (Wildman–Crippen MR) is 111 cm³/mol. The van der Waals surface area contributed by atoms with Crippen LogP contribution in [0, 0.1) is 0 Å². The summed E-state index contributed by atoms with van der Waals surface area (Å²) in [4.78, 5) is 17.0. The van der Waals surface area contributed by atoms with Crippen molar-refractivity contribution in [3.05, 3.63) is 24.0 Å². The highest BCUT2D eigenvalue weighted by atomic mass is 32.2. The first-order chi connectivity index (χ1) is 14.0. The summed E-state index contributed by atoms with van der Waals surface area (Å²) in [5, 5.41) is 2.81. The van der Waals surface area contributed by atoms with E-state index in [1.54, 1.807) is 23.5 Å². The maximum absolute atomic E-state index is 12.9. The summed E-state index contributed by atoms with van der Waals surface area (Å²) in [6.07, 6.45) is 3.57. The summed E-state index contributed by atoms with van der Waals surface area (Å²) in [7, 11) is -1.88. The number of amides is 1. The molecule has 1 amide bonds. The van der Waals surface area contributed by atoms with Gasteiger partial charge < -0.3 is 14.6 Å². The van der Waals surface area contributed by atoms with E-state index in [0.717, 1.165) is 37.1 Å². The molecule has 1 fully saturated rings. The lowest BCUT2D eigenvalue weighted by atomic mass is 10.2. The van der Waals surface area contributed by atoms with Crippen LogP contribution in [-0.4, -0.2) is 61.5 Å². The van der Waals surface area contributed by atoms with Crippen LogP contribution < -0.4 is 5.32 Å². The Morgan fingerprint density at radius 1 is 1.28 bits per heavy atom. The van der Waals surface area contributed by atoms with Crippen LogP contribution in [0.25, 0.3) is 11.0 Å². The van der Waals surface area contributed by atoms with Gasteiger partial charge in [-0.3, -0.25) is 4.79 Å². The number of benzene rings is 1. The lowest BCUT2D eigenvalue weighted by molar-refractivity contribution is -0.121. The van der Waals surface area contributed by atoms with Gasteiger partial charge in [-0.05, 0) is 37.5 Å². The molecule has 0 atom stereocenters. The third-order valence-corrected chi connectivity index (χ3v) is 7.05. The number of ether oxygens (including phenoxy) is 1. The summed E-state index contributed by atoms with van der Waals surface area (Å²) in [6, 6.07) is 5.17. The molecule has 0 bridgehead atoms. The van der Waals surface area contributed by atoms with Gasteiger partial charge in [-0.2, -0.15) is 4.31 Å². The molecule has 1 aliphatic heterocycles. The maximum Gasteiger partial charge on any atom is 0.243 e. The quantitative estimate of drug-likeness (QED) is 0.591. The van der Waals surface area contributed by atoms with Crippen LogP contribution in [0.2, 0.25) is 0 Å². The Bertz CT molecular complexity index is 949. The average molecular weight is 423 g/mol. The van der Waals surface area contributed by atoms with Gasteiger partial charge in [0.25, 0.3) is 0 Å². The molecule has 1 saturated heterocycles. The minimum absolute atomic E-state index is 0.0468. The Hall–Kier alpha value is -1.97. The highest BCUT2D eigenvalue weighted by molar-refractivity contribution is 7.89. The van der Waals surface area contributed by atoms with Crippen molar-refractivity contribution in [3.8, 4) is 0 Å². The van der Waals surface area contributed by atoms with Crippen molar-refractivity contribution < 1.29 is 17.9 Å². The van der Waals surface area contributed by atoms with Crippen LogP contribution in [-0.2, 0) is 32.5 Å². The van der Waals surface area contributed by atoms with Crippen molar-refractivity contribution in [2.45, 2.75) is 50.5 Å². The van der Waals surface area contributed by atoms with E-state index in [1.807, 2.05) is 6.07 Å². The topological polar surface area (TPSA) is 93.5 Å². The summed E-state index contributed by atoms with van der Waals surface area (Å²) < 4.78 is 34.3. The van der Waals surface area contributed by atoms with Crippen molar-refractivity contribution in [1.29, 1.82) is 0 Å². The molecule has 3 rings (SSSR count). The zero-order chi connectivity index (χ0) is 20.9. The van der Waals surface area contributed by atoms with Gasteiger partial charge in [-0.25, -0.2) is 13.4 Å². The van der Waals surface area contributed by atoms with E-state index in [1.165, 1.54) is 0 Å². The number of imidazole rings is 1. The molecule has 9 heteroatoms. The average Bonchev–Trinajstić information content (AvgIpc) is 3.35. The van der Waals surface area contributed by atoms with Gasteiger partial charge in [0.2, 0.25) is 15.9 Å². The van der Waals surface area contributed by atoms with E-state index in [4.69, 9.17) is 4.74 Å². The van der Waals surface area contributed by atoms with Gasteiger partial charge in [0.15, 0.2) is 0 Å². The first kappa shape index (κ1) is 21.7. The molecule has 1 aromatic heterocycles. The van der Waals surface area contributed by atoms with E-state index in [-0.39, 0.29) is 10.8 Å². The van der Waals surface area contributed by atoms with Crippen LogP contribution in [0.15, 0.2) is 23.1 Å². The van der Waals surface area contributed by atoms with Crippen molar-refractivity contribution in [3.63, 3.8) is 0 Å². The van der Waals surface area contributed by atoms with Gasteiger partial charge in [0, 0.05) is 46.1 Å². The van der Waals surface area contributed by atoms with Crippen molar-refractivity contribution in [1.82, 2.24) is 19.2 Å². The fourth-order valence-electron chi connectivity index (χ4n) is 3.67. The molecule has 1 aliphatic rings. The first-order valence-corrected chi connectivity index (χ1v) is 11.7. The van der Waals surface area contributed by atoms with Crippen molar-refractivity contribution in [2.24, 2.45) is 0 Å². The summed E-state index contributed by atoms with van der Waals surface area (Å²) in [5.74, 6) is 0.758. The number of nitrogens with one attached hydrogen (secondary N) is 1. The number of fused-ring (bicyclic) bond motifs is 1. The number of aryl methyl sites for hydroxylation is 2. The van der Waals surface area contributed by atoms with Gasteiger partial charge in [-0.15, -0.1) is 0 Å². The van der Waals surface area contributed by atoms with Crippen LogP contribution in [0.1, 0.15) is 38.4 Å². The number of aromatic nitrogens is 2. The molecule has 1 aromatic carbocycles. The molecule has 0 saturated carbocycles. The van der Waals surface area contributed by atoms with Crippen molar-refractivity contribution in [2.75, 3.05) is 33.4 Å². The summed E-state index contributed by atoms with van der Waals surface area (Å²) in [5.41, 5.74) is 1.57. The third-order valence-electron chi connectivity index (χ3n) is 5.15. The van der Waals surface area contributed by atoms with Gasteiger partial charge in [-0.1, -0.05) is 6.92 Å². The SMILES string of the molecule is CCCn1c(CCC(=O)NCCOC)nc2cc(S(=O)(=O)N3CCCC3)ccc21. The smallest absolute Gasteiger partial charge is 0.243 e. The maximum atomic E-state index is 12.9. The van der Waals surface area contributed by atoms with Crippen LogP contribution >= 0.6 is 0 Å². The highest BCUT2D eigenvalue weighted by Crippen LogP contribution is 2.25. The second-order valence-corrected chi connectivity index (χ2v) is 9.22. The van der Waals surface area contributed by atoms with E-state index < -0.39 is 10.0 Å². The van der Waals surface area contributed by atoms with Gasteiger partial charge in [0.1, 0.15) is 5.82 Å². The molecule has 1 N–H and O–H groups in total. The number of sulfonamides is 1. The number of carbonyl (C=O) groups is 1. The van der Waals surface area contributed by atoms with E-state index in [9.17, 15) is 13.2 Å². The fourth-order valence-corrected chi connectivity index (χ4v) is 5.21. The number of hydrogen-bond acceptors (Lipinski definition) is 5. The number of carbonyl (C=O) groups excluding carboxylic acids is 1. The molecule has 2 aromatic rings. The standard InChI is InChI=1S/C20H30N4O4S/c1-3-11-24-18-7-6-16(29(26,27)23-12-4-5-13-23)15-17(18)22-19(24)8-9-20(25)21-10-14-28-2/h6-7,15H,3-5,8-14H2,1-2H3,(H,21,25). The summed E-state index contributed by atoms with van der Waals surface area (Å²) in [6.45, 7) is 4.98. The van der Waals surface area contributed by atoms with Crippen LogP contribution in [0.5, 0.6) is 0 Å². The zero-order valence-electron chi connectivity index (χ0n) is 17.2. The Morgan fingerprint density at radius 3 is 2.72 bits per heavy atom. The number of hydrogen-bond donors (Lipinski definition) is 1. The second kappa shape index (κ2) is 9.69. The van der Waals surface area contributed by atoms with Gasteiger partial charge >= 0.3 is 0 Å². The molecule has 0 spiro atoms. The minimum atomic E-state index is -3.48. The molecular formula is C20H30N4O4S. The molecule has 160 valence electrons. The molecule has 8 nitrogen and oxygen atoms in total. The zero-order valence-corrected chi connectivity index (χ0v) is 18.0. The lowest BCUT2D eigenvalue weighted by Gasteiger charge is -2.15. The van der Waals surface area contributed by atoms with Crippen LogP contribution in [0.3, 0.4) is 0 Å². The third kappa shape index (κ3) is 4.96. The molecule has 0 radical (unpaired) electrons. The Labute approximate surface area is 172 Å². The molecule has 2 heterocycles. The highest BCUT2D eigenvalue weighted by Gasteiger charge is 2.27. The normalized spacial score (nSPS) is 15.2. The molecule has 0 aliphatic carbocycles. The molecule has 29 heavy (non-hydrogen) atoms. The second-order valence-electron chi connectivity index (χ2n) is 7.28. The monoisotopic (exact) mass is 422 g/mol. The lowest BCUT2D eigenvalue weighted by Crippen LogP contribution is -2.27. The van der Waals surface area contributed by atoms with E-state index >= 15 is 0 Å². The fraction of sp³-hybridized carbons (Fsp3) is 0.600. The predicted octanol–water partition coefficient (Wildman–Crippen LogP) is 1.93. The van der Waals surface area contributed by atoms with Gasteiger partial charge in [0.05, 0.1) is 22.5 Å². The number of rotatable bonds is 10. The Morgan fingerprint density at radius 2 is 2.03 bits per heavy atom. The molecule has 0 unspecified atom stereocenters. The van der Waals surface area contributed by atoms with E-state index in [0.29, 0.717) is 44.6 Å². The Balaban J connectivity index is 1.82. The number of nitrogens with zero attached hydrogens (tertiary/aromatic N) is 3. The van der Waals surface area contributed by atoms with Crippen molar-refractivity contribution >= 4 is 27.0 Å². The molecular weight excluding hydrogens is 392 g/mol. The first-order valence-electron chi connectivity index (χ1n) is 10.2. The summed E-state index contributed by atoms with van der Waals surface area (Å²) >= 11 is 0. The van der Waals surface area contributed by atoms with E-state index in [2.05, 4.69) is 21.8 Å². The van der Waals surface area contributed by atoms with Crippen LogP contribution in [0.4, 0.5) is 0 Å². The number of methoxy groups -OCH3 is 1. The Kier molecular flexibility index (Phi) is 7.26. The largest absolute Gasteiger partial charge is 0.383 e. The minimum Gasteiger partial charge on any atom is -0.383 e.